The Balaban J connectivity index is 0.000000321. The summed E-state index contributed by atoms with van der Waals surface area (Å²) in [7, 11) is 0. The second-order valence-electron chi connectivity index (χ2n) is 6.37. The second kappa shape index (κ2) is 16.8. The Morgan fingerprint density at radius 3 is 1.32 bits per heavy atom. The van der Waals surface area contributed by atoms with Crippen molar-refractivity contribution in [1.29, 1.82) is 0 Å². The third-order valence-electron chi connectivity index (χ3n) is 4.22. The van der Waals surface area contributed by atoms with Gasteiger partial charge in [0.15, 0.2) is 0 Å². The molecule has 0 spiro atoms. The first-order valence-corrected chi connectivity index (χ1v) is 12.4. The van der Waals surface area contributed by atoms with E-state index in [9.17, 15) is 0 Å². The predicted molar refractivity (Wildman–Crippen MR) is 146 cm³/mol. The fraction of sp³-hybridized carbons (Fsp3) is 0.111. The third kappa shape index (κ3) is 9.65. The maximum Gasteiger partial charge on any atom is 2.00 e. The van der Waals surface area contributed by atoms with Crippen LogP contribution < -0.4 is 0 Å². The van der Waals surface area contributed by atoms with Gasteiger partial charge in [-0.1, -0.05) is 43.8 Å². The van der Waals surface area contributed by atoms with Gasteiger partial charge < -0.3 is 0 Å². The Morgan fingerprint density at radius 1 is 0.588 bits per heavy atom. The molecule has 2 heterocycles. The molecule has 0 atom stereocenters. The fourth-order valence-electron chi connectivity index (χ4n) is 2.65. The van der Waals surface area contributed by atoms with Gasteiger partial charge in [0.1, 0.15) is 0 Å². The van der Waals surface area contributed by atoms with E-state index in [-0.39, 0.29) is 24.5 Å². The van der Waals surface area contributed by atoms with Crippen molar-refractivity contribution < 1.29 is 17.1 Å². The maximum absolute atomic E-state index is 4.44. The van der Waals surface area contributed by atoms with Gasteiger partial charge in [-0.15, -0.1) is 23.5 Å². The summed E-state index contributed by atoms with van der Waals surface area (Å²) in [4.78, 5) is 19.6. The Bertz CT molecular complexity index is 1060. The number of aromatic nitrogens is 2. The van der Waals surface area contributed by atoms with Crippen molar-refractivity contribution in [2.45, 2.75) is 17.2 Å². The first-order chi connectivity index (χ1) is 15.8. The normalized spacial score (nSPS) is 10.2. The molecule has 0 unspecified atom stereocenters. The van der Waals surface area contributed by atoms with Crippen molar-refractivity contribution in [3.05, 3.63) is 109 Å². The standard InChI is InChI=1S/2C13H12N2S.CH4.Cu/c2*1-16-13-8-3-2-7-12(13)15-10-11-6-4-5-9-14-11;;/h2*2-10H,1H3;1H4;/q;;;+2. The molecule has 4 rings (SSSR count). The molecule has 0 amide bonds. The van der Waals surface area contributed by atoms with E-state index >= 15 is 0 Å². The second-order valence-corrected chi connectivity index (χ2v) is 8.07. The van der Waals surface area contributed by atoms with Gasteiger partial charge in [-0.05, 0) is 61.0 Å². The maximum atomic E-state index is 4.44. The summed E-state index contributed by atoms with van der Waals surface area (Å²) >= 11 is 3.39. The summed E-state index contributed by atoms with van der Waals surface area (Å²) in [5.74, 6) is 0. The molecule has 0 aliphatic rings. The molecule has 177 valence electrons. The minimum absolute atomic E-state index is 0. The molecule has 0 saturated carbocycles. The van der Waals surface area contributed by atoms with Crippen LogP contribution in [0.3, 0.4) is 0 Å². The molecular formula is C27H28CuN4S2+2. The quantitative estimate of drug-likeness (QED) is 0.144. The predicted octanol–water partition coefficient (Wildman–Crippen LogP) is 7.74. The molecule has 34 heavy (non-hydrogen) atoms. The van der Waals surface area contributed by atoms with Crippen molar-refractivity contribution in [2.75, 3.05) is 12.5 Å². The molecule has 2 aromatic carbocycles. The molecule has 7 heteroatoms. The molecule has 0 fully saturated rings. The van der Waals surface area contributed by atoms with Gasteiger partial charge in [-0.2, -0.15) is 0 Å². The first kappa shape index (κ1) is 29.3. The fourth-order valence-corrected chi connectivity index (χ4v) is 3.74. The van der Waals surface area contributed by atoms with E-state index in [1.165, 1.54) is 9.79 Å². The summed E-state index contributed by atoms with van der Waals surface area (Å²) in [6.45, 7) is 0. The summed E-state index contributed by atoms with van der Waals surface area (Å²) in [5.41, 5.74) is 3.72. The SMILES string of the molecule is C.CSc1ccccc1N=Cc1ccccn1.CSc1ccccc1N=Cc1ccccn1.[Cu+2]. The smallest absolute Gasteiger partial charge is 0.255 e. The molecule has 0 aliphatic carbocycles. The Hall–Kier alpha value is -2.70. The van der Waals surface area contributed by atoms with Crippen molar-refractivity contribution in [2.24, 2.45) is 9.98 Å². The van der Waals surface area contributed by atoms with E-state index in [0.717, 1.165) is 22.8 Å². The van der Waals surface area contributed by atoms with Gasteiger partial charge in [0.05, 0.1) is 35.2 Å². The summed E-state index contributed by atoms with van der Waals surface area (Å²) in [6.07, 6.45) is 11.2. The molecule has 2 aromatic heterocycles. The van der Waals surface area contributed by atoms with Gasteiger partial charge >= 0.3 is 17.1 Å². The molecule has 0 N–H and O–H groups in total. The van der Waals surface area contributed by atoms with Crippen molar-refractivity contribution in [3.63, 3.8) is 0 Å². The molecule has 4 aromatic rings. The number of thioether (sulfide) groups is 2. The minimum atomic E-state index is 0. The van der Waals surface area contributed by atoms with E-state index in [2.05, 4.69) is 44.6 Å². The monoisotopic (exact) mass is 535 g/mol. The van der Waals surface area contributed by atoms with Crippen LogP contribution in [0.5, 0.6) is 0 Å². The van der Waals surface area contributed by atoms with E-state index in [0.29, 0.717) is 0 Å². The number of benzene rings is 2. The van der Waals surface area contributed by atoms with Crippen LogP contribution in [0.2, 0.25) is 0 Å². The number of aliphatic imine (C=N–C) groups is 2. The number of pyridine rings is 2. The van der Waals surface area contributed by atoms with Gasteiger partial charge in [-0.25, -0.2) is 0 Å². The van der Waals surface area contributed by atoms with E-state index in [1.807, 2.05) is 72.8 Å². The first-order valence-electron chi connectivity index (χ1n) is 9.96. The minimum Gasteiger partial charge on any atom is -0.255 e. The van der Waals surface area contributed by atoms with Crippen LogP contribution in [0, 0.1) is 0 Å². The van der Waals surface area contributed by atoms with Crippen LogP contribution in [0.15, 0.2) is 117 Å². The molecule has 0 aliphatic heterocycles. The van der Waals surface area contributed by atoms with Crippen LogP contribution in [0.1, 0.15) is 18.8 Å². The van der Waals surface area contributed by atoms with Crippen LogP contribution in [-0.2, 0) is 17.1 Å². The van der Waals surface area contributed by atoms with Crippen LogP contribution in [0.25, 0.3) is 0 Å². The Labute approximate surface area is 222 Å². The molecular weight excluding hydrogens is 508 g/mol. The zero-order valence-corrected chi connectivity index (χ0v) is 20.9. The summed E-state index contributed by atoms with van der Waals surface area (Å²) in [5, 5.41) is 0. The zero-order valence-electron chi connectivity index (χ0n) is 18.3. The molecule has 0 saturated heterocycles. The third-order valence-corrected chi connectivity index (χ3v) is 5.79. The van der Waals surface area contributed by atoms with Gasteiger partial charge in [0.2, 0.25) is 0 Å². The Kier molecular flexibility index (Phi) is 14.5. The van der Waals surface area contributed by atoms with Crippen LogP contribution in [-0.4, -0.2) is 34.9 Å². The number of hydrogen-bond acceptors (Lipinski definition) is 6. The van der Waals surface area contributed by atoms with E-state index in [4.69, 9.17) is 0 Å². The van der Waals surface area contributed by atoms with Gasteiger partial charge in [0, 0.05) is 22.2 Å². The van der Waals surface area contributed by atoms with Crippen molar-refractivity contribution in [3.8, 4) is 0 Å². The van der Waals surface area contributed by atoms with Crippen molar-refractivity contribution in [1.82, 2.24) is 9.97 Å². The van der Waals surface area contributed by atoms with Gasteiger partial charge in [-0.3, -0.25) is 20.0 Å². The topological polar surface area (TPSA) is 50.5 Å². The number of rotatable bonds is 6. The number of hydrogen-bond donors (Lipinski definition) is 0. The van der Waals surface area contributed by atoms with Crippen LogP contribution >= 0.6 is 23.5 Å². The summed E-state index contributed by atoms with van der Waals surface area (Å²) in [6, 6.07) is 27.7. The largest absolute Gasteiger partial charge is 2.00 e. The van der Waals surface area contributed by atoms with Gasteiger partial charge in [0.25, 0.3) is 0 Å². The average molecular weight is 536 g/mol. The molecule has 0 bridgehead atoms. The zero-order chi connectivity index (χ0) is 22.4. The average Bonchev–Trinajstić information content (AvgIpc) is 2.88. The Morgan fingerprint density at radius 2 is 0.971 bits per heavy atom. The summed E-state index contributed by atoms with van der Waals surface area (Å²) < 4.78 is 0. The van der Waals surface area contributed by atoms with E-state index < -0.39 is 0 Å². The molecule has 1 radical (unpaired) electrons. The van der Waals surface area contributed by atoms with Crippen LogP contribution in [0.4, 0.5) is 11.4 Å². The number of nitrogens with zero attached hydrogens (tertiary/aromatic N) is 4. The van der Waals surface area contributed by atoms with E-state index in [1.54, 1.807) is 48.3 Å². The van der Waals surface area contributed by atoms with Crippen molar-refractivity contribution >= 4 is 47.3 Å². The molecule has 4 nitrogen and oxygen atoms in total. The number of para-hydroxylation sites is 2.